The molecule has 0 saturated carbocycles. The van der Waals surface area contributed by atoms with Crippen molar-refractivity contribution in [3.63, 3.8) is 0 Å². The van der Waals surface area contributed by atoms with Gasteiger partial charge in [-0.25, -0.2) is 17.5 Å². The molecule has 3 aromatic carbocycles. The molecule has 0 aliphatic carbocycles. The lowest BCUT2D eigenvalue weighted by atomic mass is 10.0. The van der Waals surface area contributed by atoms with Crippen molar-refractivity contribution in [2.45, 2.75) is 36.9 Å². The van der Waals surface area contributed by atoms with Gasteiger partial charge in [0, 0.05) is 11.4 Å². The zero-order valence-corrected chi connectivity index (χ0v) is 24.8. The fourth-order valence-corrected chi connectivity index (χ4v) is 6.86. The largest absolute Gasteiger partial charge is 0.390 e. The third kappa shape index (κ3) is 8.13. The molecule has 1 unspecified atom stereocenters. The first-order valence-electron chi connectivity index (χ1n) is 12.2. The highest BCUT2D eigenvalue weighted by molar-refractivity contribution is 7.89. The Labute approximate surface area is 250 Å². The van der Waals surface area contributed by atoms with Gasteiger partial charge < -0.3 is 4.18 Å². The van der Waals surface area contributed by atoms with Crippen LogP contribution in [0.15, 0.2) is 70.7 Å². The summed E-state index contributed by atoms with van der Waals surface area (Å²) in [5.41, 5.74) is 1.79. The van der Waals surface area contributed by atoms with Crippen LogP contribution in [0.2, 0.25) is 10.0 Å². The molecule has 0 spiro atoms. The Morgan fingerprint density at radius 3 is 2.36 bits per heavy atom. The van der Waals surface area contributed by atoms with Crippen molar-refractivity contribution in [3.8, 4) is 5.75 Å². The number of hydrogen-bond donors (Lipinski definition) is 1. The number of rotatable bonds is 10. The van der Waals surface area contributed by atoms with E-state index in [1.807, 2.05) is 0 Å². The number of sulfonamides is 1. The second-order valence-electron chi connectivity index (χ2n) is 9.34. The van der Waals surface area contributed by atoms with Crippen molar-refractivity contribution in [3.05, 3.63) is 87.7 Å². The van der Waals surface area contributed by atoms with Gasteiger partial charge in [-0.15, -0.1) is 0 Å². The number of nitrogens with one attached hydrogen (secondary N) is 1. The number of nitrogens with zero attached hydrogens (tertiary/aromatic N) is 2. The molecular weight excluding hydrogens is 645 g/mol. The highest BCUT2D eigenvalue weighted by Gasteiger charge is 2.33. The molecule has 1 heterocycles. The summed E-state index contributed by atoms with van der Waals surface area (Å²) in [6.45, 7) is 1.32. The molecule has 0 bridgehead atoms. The molecule has 1 aliphatic heterocycles. The van der Waals surface area contributed by atoms with E-state index in [9.17, 15) is 34.4 Å². The number of halogens is 6. The minimum atomic E-state index is -4.66. The third-order valence-corrected chi connectivity index (χ3v) is 9.39. The van der Waals surface area contributed by atoms with E-state index in [0.717, 1.165) is 12.1 Å². The number of hydrogen-bond acceptors (Lipinski definition) is 7. The monoisotopic (exact) mass is 667 g/mol. The van der Waals surface area contributed by atoms with Crippen LogP contribution in [0.3, 0.4) is 0 Å². The van der Waals surface area contributed by atoms with Crippen molar-refractivity contribution < 1.29 is 38.6 Å². The Bertz CT molecular complexity index is 1720. The Kier molecular flexibility index (Phi) is 9.43. The van der Waals surface area contributed by atoms with Crippen molar-refractivity contribution in [1.29, 1.82) is 0 Å². The maximum absolute atomic E-state index is 13.7. The van der Waals surface area contributed by atoms with Gasteiger partial charge in [-0.3, -0.25) is 5.01 Å². The molecule has 1 N–H and O–H groups in total. The molecule has 42 heavy (non-hydrogen) atoms. The second kappa shape index (κ2) is 12.4. The lowest BCUT2D eigenvalue weighted by Crippen LogP contribution is -2.29. The minimum absolute atomic E-state index is 0.186. The maximum atomic E-state index is 13.7. The Morgan fingerprint density at radius 1 is 1.02 bits per heavy atom. The summed E-state index contributed by atoms with van der Waals surface area (Å²) in [7, 11) is -8.59. The normalized spacial score (nSPS) is 16.0. The van der Waals surface area contributed by atoms with Gasteiger partial charge in [0.05, 0.1) is 46.1 Å². The molecule has 3 aromatic rings. The summed E-state index contributed by atoms with van der Waals surface area (Å²) in [6, 6.07) is 13.2. The SMILES string of the molecule is Cc1ccc(F)cc1S(=O)(=O)NCC1=NN(c2ccc(Cl)cc2Cl)C(c2ccc(OS(=O)(=O)CCC(F)(F)F)cc2)C1. The summed E-state index contributed by atoms with van der Waals surface area (Å²) in [5.74, 6) is -2.12. The summed E-state index contributed by atoms with van der Waals surface area (Å²) >= 11 is 12.5. The van der Waals surface area contributed by atoms with E-state index < -0.39 is 50.4 Å². The van der Waals surface area contributed by atoms with Crippen molar-refractivity contribution in [1.82, 2.24) is 4.72 Å². The van der Waals surface area contributed by atoms with Gasteiger partial charge in [-0.05, 0) is 60.5 Å². The molecule has 8 nitrogen and oxygen atoms in total. The number of alkyl halides is 3. The average Bonchev–Trinajstić information content (AvgIpc) is 3.32. The molecular formula is C26H23Cl2F4N3O5S2. The summed E-state index contributed by atoms with van der Waals surface area (Å²) in [6.07, 6.45) is -6.00. The summed E-state index contributed by atoms with van der Waals surface area (Å²) in [4.78, 5) is -0.212. The van der Waals surface area contributed by atoms with Gasteiger partial charge in [0.15, 0.2) is 0 Å². The van der Waals surface area contributed by atoms with Gasteiger partial charge in [-0.2, -0.15) is 26.7 Å². The summed E-state index contributed by atoms with van der Waals surface area (Å²) < 4.78 is 108. The highest BCUT2D eigenvalue weighted by atomic mass is 35.5. The molecule has 0 amide bonds. The topological polar surface area (TPSA) is 105 Å². The number of anilines is 1. The fourth-order valence-electron chi connectivity index (χ4n) is 4.12. The molecule has 4 rings (SSSR count). The predicted octanol–water partition coefficient (Wildman–Crippen LogP) is 6.39. The molecule has 0 radical (unpaired) electrons. The van der Waals surface area contributed by atoms with Crippen LogP contribution < -0.4 is 13.9 Å². The third-order valence-electron chi connectivity index (χ3n) is 6.16. The van der Waals surface area contributed by atoms with Crippen molar-refractivity contribution in [2.24, 2.45) is 5.10 Å². The zero-order valence-electron chi connectivity index (χ0n) is 21.7. The van der Waals surface area contributed by atoms with E-state index in [1.165, 1.54) is 43.3 Å². The van der Waals surface area contributed by atoms with E-state index in [0.29, 0.717) is 27.5 Å². The second-order valence-corrected chi connectivity index (χ2v) is 13.6. The minimum Gasteiger partial charge on any atom is -0.382 e. The lowest BCUT2D eigenvalue weighted by Gasteiger charge is -2.25. The first kappa shape index (κ1) is 32.0. The number of hydrazone groups is 1. The fraction of sp³-hybridized carbons (Fsp3) is 0.269. The maximum Gasteiger partial charge on any atom is 0.390 e. The zero-order chi connectivity index (χ0) is 30.9. The average molecular weight is 669 g/mol. The standard InChI is InChI=1S/C26H23Cl2F4N3O5S2/c1-16-2-6-19(29)13-25(16)42(38,39)33-15-20-14-24(35(34-20)23-9-5-18(27)12-22(23)28)17-3-7-21(8-4-17)40-41(36,37)11-10-26(30,31)32/h2-9,12-13,24,33H,10-11,14-15H2,1H3. The van der Waals surface area contributed by atoms with E-state index in [4.69, 9.17) is 27.4 Å². The first-order chi connectivity index (χ1) is 19.5. The molecule has 16 heteroatoms. The van der Waals surface area contributed by atoms with Crippen LogP contribution in [-0.2, 0) is 20.1 Å². The molecule has 0 aromatic heterocycles. The van der Waals surface area contributed by atoms with E-state index >= 15 is 0 Å². The van der Waals surface area contributed by atoms with Crippen LogP contribution in [-0.4, -0.2) is 41.0 Å². The Morgan fingerprint density at radius 2 is 1.71 bits per heavy atom. The number of benzene rings is 3. The van der Waals surface area contributed by atoms with Gasteiger partial charge in [-0.1, -0.05) is 41.4 Å². The van der Waals surface area contributed by atoms with E-state index in [-0.39, 0.29) is 28.6 Å². The smallest absolute Gasteiger partial charge is 0.382 e. The van der Waals surface area contributed by atoms with Crippen LogP contribution in [0.25, 0.3) is 0 Å². The van der Waals surface area contributed by atoms with E-state index in [1.54, 1.807) is 17.1 Å². The van der Waals surface area contributed by atoms with Crippen molar-refractivity contribution >= 4 is 54.7 Å². The van der Waals surface area contributed by atoms with Crippen molar-refractivity contribution in [2.75, 3.05) is 17.3 Å². The molecule has 0 fully saturated rings. The van der Waals surface area contributed by atoms with Gasteiger partial charge in [0.2, 0.25) is 10.0 Å². The van der Waals surface area contributed by atoms with Crippen LogP contribution in [0.5, 0.6) is 5.75 Å². The quantitative estimate of drug-likeness (QED) is 0.199. The van der Waals surface area contributed by atoms with Gasteiger partial charge in [0.25, 0.3) is 0 Å². The first-order valence-corrected chi connectivity index (χ1v) is 16.0. The highest BCUT2D eigenvalue weighted by Crippen LogP contribution is 2.40. The predicted molar refractivity (Wildman–Crippen MR) is 152 cm³/mol. The Hall–Kier alpha value is -2.91. The lowest BCUT2D eigenvalue weighted by molar-refractivity contribution is -0.130. The van der Waals surface area contributed by atoms with Crippen LogP contribution in [0.4, 0.5) is 23.2 Å². The summed E-state index contributed by atoms with van der Waals surface area (Å²) in [5, 5.41) is 6.73. The van der Waals surface area contributed by atoms with Gasteiger partial charge >= 0.3 is 16.3 Å². The molecule has 1 atom stereocenters. The Balaban J connectivity index is 1.56. The van der Waals surface area contributed by atoms with Gasteiger partial charge in [0.1, 0.15) is 11.6 Å². The van der Waals surface area contributed by atoms with Crippen LogP contribution in [0.1, 0.15) is 30.0 Å². The van der Waals surface area contributed by atoms with Crippen LogP contribution >= 0.6 is 23.2 Å². The molecule has 226 valence electrons. The van der Waals surface area contributed by atoms with Crippen LogP contribution in [0, 0.1) is 12.7 Å². The molecule has 0 saturated heterocycles. The number of aryl methyl sites for hydroxylation is 1. The van der Waals surface area contributed by atoms with E-state index in [2.05, 4.69) is 9.82 Å². The molecule has 1 aliphatic rings.